The number of amides is 8. The van der Waals surface area contributed by atoms with Crippen molar-refractivity contribution in [2.24, 2.45) is 35.3 Å². The minimum absolute atomic E-state index is 0.00640. The lowest BCUT2D eigenvalue weighted by Gasteiger charge is -2.43. The fourth-order valence-corrected chi connectivity index (χ4v) is 15.2. The highest BCUT2D eigenvalue weighted by Gasteiger charge is 2.50. The number of primary amides is 1. The van der Waals surface area contributed by atoms with Crippen LogP contribution >= 0.6 is 11.3 Å². The summed E-state index contributed by atoms with van der Waals surface area (Å²) < 4.78 is 25.9. The van der Waals surface area contributed by atoms with Gasteiger partial charge in [-0.1, -0.05) is 78.3 Å². The number of hydrogen-bond acceptors (Lipinski definition) is 18. The number of aromatic hydroxyl groups is 1. The van der Waals surface area contributed by atoms with Gasteiger partial charge in [0, 0.05) is 92.0 Å². The Labute approximate surface area is 598 Å². The normalized spacial score (nSPS) is 23.5. The molecule has 9 atom stereocenters. The average molecular weight is 1420 g/mol. The number of unbranched alkanes of at least 4 members (excludes halogenated alkanes) is 2. The van der Waals surface area contributed by atoms with Crippen molar-refractivity contribution in [3.63, 3.8) is 0 Å². The Morgan fingerprint density at radius 2 is 1.61 bits per heavy atom. The molecule has 3 aromatic carbocycles. The fraction of sp³-hybridized carbons (Fsp3) is 0.487. The van der Waals surface area contributed by atoms with E-state index >= 15 is 9.59 Å². The lowest BCUT2D eigenvalue weighted by molar-refractivity contribution is -0.923. The number of allylic oxidation sites excluding steroid dienone is 3. The first-order valence-electron chi connectivity index (χ1n) is 35.1. The molecule has 25 nitrogen and oxygen atoms in total. The van der Waals surface area contributed by atoms with Crippen LogP contribution in [0.15, 0.2) is 95.6 Å². The molecule has 6 aliphatic rings. The first-order valence-corrected chi connectivity index (χ1v) is 35.9. The second kappa shape index (κ2) is 33.1. The number of aromatic nitrogens is 1. The molecule has 5 heterocycles. The number of piperazine rings is 1. The predicted molar refractivity (Wildman–Crippen MR) is 391 cm³/mol. The van der Waals surface area contributed by atoms with E-state index in [1.54, 1.807) is 45.1 Å². The molecule has 4 bridgehead atoms. The van der Waals surface area contributed by atoms with Crippen LogP contribution in [0.2, 0.25) is 0 Å². The first kappa shape index (κ1) is 76.6. The fourth-order valence-electron chi connectivity index (χ4n) is 14.1. The average Bonchev–Trinajstić information content (AvgIpc) is 1.41. The zero-order chi connectivity index (χ0) is 74.1. The second-order valence-corrected chi connectivity index (χ2v) is 29.6. The van der Waals surface area contributed by atoms with E-state index in [2.05, 4.69) is 59.3 Å². The number of nitrogens with two attached hydrogens (primary N) is 1. The molecule has 5 aliphatic heterocycles. The summed E-state index contributed by atoms with van der Waals surface area (Å²) in [6.07, 6.45) is 13.5. The minimum Gasteiger partial charge on any atom is -0.507 e. The number of methoxy groups -OCH3 is 1. The maximum absolute atomic E-state index is 15.2. The van der Waals surface area contributed by atoms with Crippen molar-refractivity contribution in [3.05, 3.63) is 118 Å². The van der Waals surface area contributed by atoms with Gasteiger partial charge in [0.2, 0.25) is 23.2 Å². The monoisotopic (exact) mass is 1420 g/mol. The van der Waals surface area contributed by atoms with E-state index in [0.29, 0.717) is 71.3 Å². The molecule has 8 N–H and O–H groups in total. The number of nitrogens with one attached hydrogen (secondary N) is 5. The third-order valence-electron chi connectivity index (χ3n) is 19.8. The van der Waals surface area contributed by atoms with Crippen LogP contribution in [0.4, 0.5) is 21.9 Å². The Morgan fingerprint density at radius 1 is 0.902 bits per heavy atom. The van der Waals surface area contributed by atoms with Crippen LogP contribution in [0.25, 0.3) is 31.6 Å². The van der Waals surface area contributed by atoms with Crippen LogP contribution in [-0.4, -0.2) is 156 Å². The molecule has 1 aliphatic carbocycles. The zero-order valence-corrected chi connectivity index (χ0v) is 61.1. The molecule has 1 saturated heterocycles. The molecule has 0 unspecified atom stereocenters. The highest BCUT2D eigenvalue weighted by Crippen LogP contribution is 2.52. The lowest BCUT2D eigenvalue weighted by Crippen LogP contribution is -2.56. The summed E-state index contributed by atoms with van der Waals surface area (Å²) in [5.41, 5.74) is 7.98. The lowest BCUT2D eigenvalue weighted by atomic mass is 9.82. The Balaban J connectivity index is 0.921. The van der Waals surface area contributed by atoms with Gasteiger partial charge in [0.15, 0.2) is 0 Å². The number of ether oxygens (including phenoxy) is 4. The van der Waals surface area contributed by atoms with Crippen LogP contribution < -0.4 is 47.4 Å². The van der Waals surface area contributed by atoms with Crippen molar-refractivity contribution >= 4 is 103 Å². The summed E-state index contributed by atoms with van der Waals surface area (Å²) in [5, 5.41) is 25.9. The van der Waals surface area contributed by atoms with Crippen molar-refractivity contribution in [1.82, 2.24) is 25.8 Å². The molecule has 0 aromatic heterocycles. The number of imide groups is 1. The van der Waals surface area contributed by atoms with E-state index in [9.17, 15) is 43.5 Å². The molecule has 26 heteroatoms. The SMILES string of the molecule is CO[C@H]1/C=C/O[C@@]2(C)Oc3c(C)c(O)c4c(=O)c(c5sc6cc(N7CC[N+](C)(Cc8ccc(NC(=O)[C@H](CCCNC(N)=O)NC(=O)[C@@H](NC(=O)CCCCCN9C(=O)C=CC9=O)C(C)C)cc8)CC7)ccc6nc-5c4c3C2=O)NC(=O)/C(C)=C\C=C\[C@H](C)C[C@@H](C)C[C@@H](C)[C@H](OC(C)=O)[C@@H]1C. The Hall–Kier alpha value is -9.53. The van der Waals surface area contributed by atoms with Gasteiger partial charge in [-0.05, 0) is 112 Å². The van der Waals surface area contributed by atoms with Crippen molar-refractivity contribution in [1.29, 1.82) is 0 Å². The number of benzene rings is 4. The Morgan fingerprint density at radius 3 is 2.27 bits per heavy atom. The molecule has 0 radical (unpaired) electrons. The van der Waals surface area contributed by atoms with Gasteiger partial charge in [0.05, 0.1) is 77.3 Å². The smallest absolute Gasteiger partial charge is 0.312 e. The van der Waals surface area contributed by atoms with Crippen molar-refractivity contribution in [2.75, 3.05) is 69.0 Å². The second-order valence-electron chi connectivity index (χ2n) is 28.5. The topological polar surface area (TPSA) is 333 Å². The van der Waals surface area contributed by atoms with Gasteiger partial charge >= 0.3 is 17.8 Å². The summed E-state index contributed by atoms with van der Waals surface area (Å²) in [4.78, 5) is 142. The Kier molecular flexibility index (Phi) is 24.8. The highest BCUT2D eigenvalue weighted by atomic mass is 32.1. The van der Waals surface area contributed by atoms with Crippen molar-refractivity contribution in [3.8, 4) is 22.1 Å². The van der Waals surface area contributed by atoms with E-state index in [-0.39, 0.29) is 117 Å². The van der Waals surface area contributed by atoms with Gasteiger partial charge in [-0.2, -0.15) is 0 Å². The van der Waals surface area contributed by atoms with Gasteiger partial charge in [-0.15, -0.1) is 11.3 Å². The van der Waals surface area contributed by atoms with E-state index in [1.807, 2.05) is 49.4 Å². The quantitative estimate of drug-likeness (QED) is 0.00898. The van der Waals surface area contributed by atoms with Gasteiger partial charge < -0.3 is 65.8 Å². The summed E-state index contributed by atoms with van der Waals surface area (Å²) in [5.74, 6) is -6.63. The van der Waals surface area contributed by atoms with Crippen LogP contribution in [0.5, 0.6) is 11.5 Å². The van der Waals surface area contributed by atoms with Crippen molar-refractivity contribution in [2.45, 2.75) is 157 Å². The number of urea groups is 1. The number of fused-ring (bicyclic) bond motifs is 2. The summed E-state index contributed by atoms with van der Waals surface area (Å²) >= 11 is 1.23. The van der Waals surface area contributed by atoms with E-state index in [4.69, 9.17) is 29.7 Å². The van der Waals surface area contributed by atoms with E-state index in [1.165, 1.54) is 57.6 Å². The number of quaternary nitrogens is 1. The zero-order valence-electron chi connectivity index (χ0n) is 60.3. The molecular formula is C76H97N10O15S+. The van der Waals surface area contributed by atoms with Gasteiger partial charge in [-0.3, -0.25) is 48.1 Å². The third-order valence-corrected chi connectivity index (χ3v) is 21.0. The highest BCUT2D eigenvalue weighted by molar-refractivity contribution is 7.22. The molecule has 8 amide bonds. The number of phenols is 1. The molecule has 1 fully saturated rings. The number of carbonyl (C=O) groups is 9. The summed E-state index contributed by atoms with van der Waals surface area (Å²) in [6.45, 7) is 21.8. The van der Waals surface area contributed by atoms with E-state index < -0.39 is 76.8 Å². The molecule has 9 rings (SSSR count). The number of nitrogens with zero attached hydrogens (tertiary/aromatic N) is 4. The number of carbonyl (C=O) groups excluding carboxylic acids is 9. The number of Topliss-reactive ketones (excluding diaryl/α,β-unsaturated/α-hetero) is 1. The number of phenolic OH excluding ortho intramolecular Hbond substituents is 1. The van der Waals surface area contributed by atoms with E-state index in [0.717, 1.165) is 42.1 Å². The number of rotatable bonds is 21. The molecule has 3 aromatic rings. The molecule has 0 saturated carbocycles. The largest absolute Gasteiger partial charge is 0.507 e. The van der Waals surface area contributed by atoms with Crippen LogP contribution in [0, 0.1) is 36.5 Å². The van der Waals surface area contributed by atoms with Gasteiger partial charge in [0.25, 0.3) is 23.5 Å². The molecular weight excluding hydrogens is 1320 g/mol. The molecule has 546 valence electrons. The minimum atomic E-state index is -1.99. The number of ketones is 1. The maximum Gasteiger partial charge on any atom is 0.312 e. The van der Waals surface area contributed by atoms with Crippen LogP contribution in [0.1, 0.15) is 135 Å². The third kappa shape index (κ3) is 18.0. The maximum atomic E-state index is 15.2. The number of hydrogen-bond donors (Lipinski definition) is 7. The first-order chi connectivity index (χ1) is 48.4. The predicted octanol–water partition coefficient (Wildman–Crippen LogP) is 9.44. The standard InChI is InChI=1S/C76H96N10O15S/c1-42(2)63(82-57(88)21-14-13-15-32-85-58(89)28-29-59(85)90)74(96)81-54(20-17-31-78-75(77)97)73(95)79-51-24-22-50(23-25-51)41-86(11)35-33-84(34-36-86)52-26-27-53-56(40-52)102-70-64(80-53)60-61-66(91)48(8)69-62(60)71(93)76(10,101-69)99-37-30-55(98-12)47(7)68(100-49(9)87)46(6)39-44(4)38-43(3)18-16-19-45(5)72(94)83-65(70)67(61)92/h16,18-19,22-30,37,40,42-44,46-47,54-55,63,68H,13-15,17,20-21,31-36,38-39,41H2,1-12H3,(H7-,77,78,79,80,81,82,83,88,91,92,93,94,95,96,97)/p+1/b18-16+,37-30+,45-19-/t43-,44+,46+,47+,54-,55-,63-,68-,76-/m0/s1. The summed E-state index contributed by atoms with van der Waals surface area (Å²) in [7, 11) is 3.73. The van der Waals surface area contributed by atoms with Crippen LogP contribution in [-0.2, 0) is 54.3 Å². The number of likely N-dealkylation sites (N-methyl/N-ethyl adjacent to an activating group) is 1. The van der Waals surface area contributed by atoms with Crippen LogP contribution in [0.3, 0.4) is 0 Å². The van der Waals surface area contributed by atoms with Crippen molar-refractivity contribution < 1.29 is 71.7 Å². The Bertz CT molecular complexity index is 4180. The number of esters is 1. The molecule has 102 heavy (non-hydrogen) atoms. The van der Waals surface area contributed by atoms with Gasteiger partial charge in [-0.25, -0.2) is 9.78 Å². The summed E-state index contributed by atoms with van der Waals surface area (Å²) in [6, 6.07) is 10.6. The van der Waals surface area contributed by atoms with Gasteiger partial charge in [0.1, 0.15) is 41.9 Å². The number of anilines is 3. The molecule has 0 spiro atoms.